The van der Waals surface area contributed by atoms with Crippen molar-refractivity contribution >= 4 is 41.4 Å². The van der Waals surface area contributed by atoms with E-state index in [0.717, 1.165) is 0 Å². The fourth-order valence-electron chi connectivity index (χ4n) is 3.85. The average Bonchev–Trinajstić information content (AvgIpc) is 3.31. The van der Waals surface area contributed by atoms with E-state index in [-0.39, 0.29) is 24.8 Å². The van der Waals surface area contributed by atoms with E-state index in [9.17, 15) is 24.3 Å². The molecule has 1 heterocycles. The standard InChI is InChI=1S/C22H41N7O5S/c1-4-13(2)17(28-18(30)14(23)9-12-35-3)19(31)27-15(7-5-10-26-22(24)25)20(32)29-11-6-8-16(29)21(33)34/h13-17H,4-12,23H2,1-3H3,(H,27,31)(H,28,30)(H,33,34)(H4,24,25,26). The molecule has 1 aliphatic rings. The highest BCUT2D eigenvalue weighted by Crippen LogP contribution is 2.20. The van der Waals surface area contributed by atoms with Crippen molar-refractivity contribution in [3.63, 3.8) is 0 Å². The molecule has 5 atom stereocenters. The van der Waals surface area contributed by atoms with Gasteiger partial charge in [-0.3, -0.25) is 19.4 Å². The number of thioether (sulfide) groups is 1. The molecule has 0 aliphatic carbocycles. The summed E-state index contributed by atoms with van der Waals surface area (Å²) in [5.41, 5.74) is 16.7. The number of guanidine groups is 1. The summed E-state index contributed by atoms with van der Waals surface area (Å²) in [4.78, 5) is 56.0. The van der Waals surface area contributed by atoms with E-state index in [1.807, 2.05) is 20.1 Å². The Bertz CT molecular complexity index is 762. The maximum Gasteiger partial charge on any atom is 0.326 e. The Morgan fingerprint density at radius 2 is 1.86 bits per heavy atom. The molecule has 1 saturated heterocycles. The molecule has 9 N–H and O–H groups in total. The van der Waals surface area contributed by atoms with E-state index in [1.165, 1.54) is 4.90 Å². The van der Waals surface area contributed by atoms with Gasteiger partial charge in [-0.05, 0) is 50.0 Å². The summed E-state index contributed by atoms with van der Waals surface area (Å²) < 4.78 is 0. The summed E-state index contributed by atoms with van der Waals surface area (Å²) in [6.07, 6.45) is 4.51. The molecule has 1 fully saturated rings. The predicted molar refractivity (Wildman–Crippen MR) is 137 cm³/mol. The minimum atomic E-state index is -1.08. The smallest absolute Gasteiger partial charge is 0.326 e. The van der Waals surface area contributed by atoms with Crippen molar-refractivity contribution in [2.75, 3.05) is 25.1 Å². The van der Waals surface area contributed by atoms with E-state index in [0.29, 0.717) is 44.4 Å². The molecule has 0 saturated carbocycles. The number of aliphatic imine (C=N–C) groups is 1. The maximum absolute atomic E-state index is 13.3. The largest absolute Gasteiger partial charge is 0.480 e. The first-order valence-corrected chi connectivity index (χ1v) is 13.4. The van der Waals surface area contributed by atoms with Crippen molar-refractivity contribution in [1.82, 2.24) is 15.5 Å². The number of likely N-dealkylation sites (tertiary alicyclic amines) is 1. The summed E-state index contributed by atoms with van der Waals surface area (Å²) in [5, 5.41) is 15.0. The number of carboxylic acid groups (broad SMARTS) is 1. The van der Waals surface area contributed by atoms with Gasteiger partial charge in [0, 0.05) is 13.1 Å². The highest BCUT2D eigenvalue weighted by atomic mass is 32.2. The zero-order valence-electron chi connectivity index (χ0n) is 20.9. The van der Waals surface area contributed by atoms with E-state index in [2.05, 4.69) is 15.6 Å². The zero-order chi connectivity index (χ0) is 26.5. The Hall–Kier alpha value is -2.54. The quantitative estimate of drug-likeness (QED) is 0.0916. The summed E-state index contributed by atoms with van der Waals surface area (Å²) in [5.74, 6) is -2.09. The molecule has 1 rings (SSSR count). The highest BCUT2D eigenvalue weighted by molar-refractivity contribution is 7.98. The first-order valence-electron chi connectivity index (χ1n) is 12.0. The number of nitrogens with two attached hydrogens (primary N) is 3. The first-order chi connectivity index (χ1) is 16.5. The fraction of sp³-hybridized carbons (Fsp3) is 0.773. The van der Waals surface area contributed by atoms with Crippen LogP contribution in [-0.2, 0) is 19.2 Å². The summed E-state index contributed by atoms with van der Waals surface area (Å²) in [6.45, 7) is 4.27. The van der Waals surface area contributed by atoms with Crippen LogP contribution in [0.25, 0.3) is 0 Å². The van der Waals surface area contributed by atoms with Crippen LogP contribution in [0.15, 0.2) is 4.99 Å². The number of carbonyl (C=O) groups excluding carboxylic acids is 3. The molecule has 5 unspecified atom stereocenters. The molecular formula is C22H41N7O5S. The average molecular weight is 516 g/mol. The number of carbonyl (C=O) groups is 4. The molecule has 13 heteroatoms. The van der Waals surface area contributed by atoms with Crippen LogP contribution in [0, 0.1) is 5.92 Å². The van der Waals surface area contributed by atoms with E-state index in [4.69, 9.17) is 17.2 Å². The fourth-order valence-corrected chi connectivity index (χ4v) is 4.34. The number of carboxylic acids is 1. The van der Waals surface area contributed by atoms with Crippen molar-refractivity contribution in [2.24, 2.45) is 28.1 Å². The second-order valence-corrected chi connectivity index (χ2v) is 9.78. The van der Waals surface area contributed by atoms with Crippen LogP contribution in [0.3, 0.4) is 0 Å². The SMILES string of the molecule is CCC(C)C(NC(=O)C(N)CCSC)C(=O)NC(CCCN=C(N)N)C(=O)N1CCCC1C(=O)O. The molecule has 0 radical (unpaired) electrons. The Morgan fingerprint density at radius 1 is 1.17 bits per heavy atom. The Morgan fingerprint density at radius 3 is 2.43 bits per heavy atom. The maximum atomic E-state index is 13.3. The molecule has 0 aromatic rings. The normalized spacial score (nSPS) is 18.7. The Labute approximate surface area is 211 Å². The lowest BCUT2D eigenvalue weighted by molar-refractivity contribution is -0.149. The Balaban J connectivity index is 3.03. The van der Waals surface area contributed by atoms with Crippen LogP contribution < -0.4 is 27.8 Å². The second-order valence-electron chi connectivity index (χ2n) is 8.80. The van der Waals surface area contributed by atoms with Crippen LogP contribution in [0.2, 0.25) is 0 Å². The molecule has 1 aliphatic heterocycles. The third-order valence-corrected chi connectivity index (χ3v) is 6.79. The van der Waals surface area contributed by atoms with Gasteiger partial charge in [-0.25, -0.2) is 4.79 Å². The van der Waals surface area contributed by atoms with Crippen molar-refractivity contribution in [3.8, 4) is 0 Å². The third kappa shape index (κ3) is 9.92. The Kier molecular flexibility index (Phi) is 13.5. The number of nitrogens with one attached hydrogen (secondary N) is 2. The van der Waals surface area contributed by atoms with Gasteiger partial charge in [0.2, 0.25) is 17.7 Å². The summed E-state index contributed by atoms with van der Waals surface area (Å²) >= 11 is 1.57. The monoisotopic (exact) mass is 515 g/mol. The van der Waals surface area contributed by atoms with Crippen LogP contribution in [-0.4, -0.2) is 88.9 Å². The minimum Gasteiger partial charge on any atom is -0.480 e. The van der Waals surface area contributed by atoms with Gasteiger partial charge >= 0.3 is 5.97 Å². The molecule has 0 spiro atoms. The molecule has 0 bridgehead atoms. The second kappa shape index (κ2) is 15.5. The zero-order valence-corrected chi connectivity index (χ0v) is 21.7. The number of nitrogens with zero attached hydrogens (tertiary/aromatic N) is 2. The third-order valence-electron chi connectivity index (χ3n) is 6.14. The van der Waals surface area contributed by atoms with Gasteiger partial charge in [-0.1, -0.05) is 20.3 Å². The van der Waals surface area contributed by atoms with Crippen LogP contribution in [0.1, 0.15) is 52.4 Å². The number of rotatable bonds is 15. The van der Waals surface area contributed by atoms with E-state index < -0.39 is 47.9 Å². The van der Waals surface area contributed by atoms with Gasteiger partial charge in [0.25, 0.3) is 0 Å². The summed E-state index contributed by atoms with van der Waals surface area (Å²) in [6, 6.07) is -3.56. The number of hydrogen-bond donors (Lipinski definition) is 6. The van der Waals surface area contributed by atoms with Crippen LogP contribution in [0.5, 0.6) is 0 Å². The van der Waals surface area contributed by atoms with E-state index >= 15 is 0 Å². The predicted octanol–water partition coefficient (Wildman–Crippen LogP) is -0.788. The van der Waals surface area contributed by atoms with Gasteiger partial charge in [-0.2, -0.15) is 11.8 Å². The van der Waals surface area contributed by atoms with Gasteiger partial charge in [-0.15, -0.1) is 0 Å². The molecule has 12 nitrogen and oxygen atoms in total. The van der Waals surface area contributed by atoms with Crippen molar-refractivity contribution in [1.29, 1.82) is 0 Å². The molecule has 3 amide bonds. The lowest BCUT2D eigenvalue weighted by Gasteiger charge is -2.30. The molecule has 0 aromatic heterocycles. The van der Waals surface area contributed by atoms with Crippen molar-refractivity contribution in [3.05, 3.63) is 0 Å². The first kappa shape index (κ1) is 30.5. The lowest BCUT2D eigenvalue weighted by atomic mass is 9.97. The molecular weight excluding hydrogens is 474 g/mol. The number of aliphatic carboxylic acids is 1. The van der Waals surface area contributed by atoms with Crippen LogP contribution >= 0.6 is 11.8 Å². The van der Waals surface area contributed by atoms with Gasteiger partial charge in [0.15, 0.2) is 5.96 Å². The lowest BCUT2D eigenvalue weighted by Crippen LogP contribution is -2.58. The highest BCUT2D eigenvalue weighted by Gasteiger charge is 2.38. The van der Waals surface area contributed by atoms with Gasteiger partial charge < -0.3 is 37.8 Å². The topological polar surface area (TPSA) is 206 Å². The molecule has 0 aromatic carbocycles. The molecule has 200 valence electrons. The van der Waals surface area contributed by atoms with Crippen LogP contribution in [0.4, 0.5) is 0 Å². The van der Waals surface area contributed by atoms with Gasteiger partial charge in [0.05, 0.1) is 6.04 Å². The number of amides is 3. The van der Waals surface area contributed by atoms with Gasteiger partial charge in [0.1, 0.15) is 18.1 Å². The van der Waals surface area contributed by atoms with Crippen molar-refractivity contribution in [2.45, 2.75) is 76.5 Å². The molecule has 35 heavy (non-hydrogen) atoms. The van der Waals surface area contributed by atoms with Crippen molar-refractivity contribution < 1.29 is 24.3 Å². The number of hydrogen-bond acceptors (Lipinski definition) is 7. The van der Waals surface area contributed by atoms with E-state index in [1.54, 1.807) is 11.8 Å². The summed E-state index contributed by atoms with van der Waals surface area (Å²) in [7, 11) is 0. The minimum absolute atomic E-state index is 0.0836.